The van der Waals surface area contributed by atoms with Crippen molar-refractivity contribution in [3.05, 3.63) is 130 Å². The van der Waals surface area contributed by atoms with Gasteiger partial charge in [0.2, 0.25) is 5.56 Å². The highest BCUT2D eigenvalue weighted by atomic mass is 19.0. The summed E-state index contributed by atoms with van der Waals surface area (Å²) >= 11 is 0. The number of amides is 1. The molecule has 0 aliphatic carbocycles. The number of benzene rings is 4. The molecule has 1 amide bonds. The third kappa shape index (κ3) is 8.72. The molecule has 4 aromatic carbocycles. The summed E-state index contributed by atoms with van der Waals surface area (Å²) in [6.07, 6.45) is 4.85. The number of piperidine rings is 3. The number of H-pyrrole nitrogens is 1. The zero-order chi connectivity index (χ0) is 36.3. The average molecular weight is 752 g/mol. The normalized spacial score (nSPS) is 18.0. The van der Waals surface area contributed by atoms with Crippen LogP contribution in [-0.2, 0) is 24.2 Å². The maximum atomic E-state index is 13.2. The number of nitrogens with zero attached hydrogens (tertiary/aromatic N) is 2. The third-order valence-electron chi connectivity index (χ3n) is 10.9. The second-order valence-electron chi connectivity index (χ2n) is 14.4. The Morgan fingerprint density at radius 2 is 1.73 bits per heavy atom. The second-order valence-corrected chi connectivity index (χ2v) is 14.4. The number of hydrogen-bond acceptors (Lipinski definition) is 7. The number of pyridine rings is 1. The van der Waals surface area contributed by atoms with Crippen molar-refractivity contribution in [2.45, 2.75) is 51.0 Å². The van der Waals surface area contributed by atoms with Gasteiger partial charge >= 0.3 is 6.09 Å². The molecule has 0 radical (unpaired) electrons. The van der Waals surface area contributed by atoms with E-state index < -0.39 is 6.10 Å². The van der Waals surface area contributed by atoms with Crippen molar-refractivity contribution >= 4 is 33.6 Å². The minimum absolute atomic E-state index is 0. The van der Waals surface area contributed by atoms with E-state index in [9.17, 15) is 19.8 Å². The van der Waals surface area contributed by atoms with Gasteiger partial charge in [0.1, 0.15) is 11.9 Å². The van der Waals surface area contributed by atoms with Crippen LogP contribution in [-0.4, -0.2) is 63.0 Å². The van der Waals surface area contributed by atoms with Crippen LogP contribution < -0.4 is 16.2 Å². The van der Waals surface area contributed by atoms with Crippen LogP contribution in [0.1, 0.15) is 42.1 Å². The molecule has 9 rings (SSSR count). The molecular weight excluding hydrogens is 704 g/mol. The highest BCUT2D eigenvalue weighted by Gasteiger charge is 2.36. The maximum Gasteiger partial charge on any atom is 0.411 e. The van der Waals surface area contributed by atoms with Crippen LogP contribution in [0.5, 0.6) is 5.75 Å². The predicted octanol–water partition coefficient (Wildman–Crippen LogP) is 7.26. The van der Waals surface area contributed by atoms with E-state index in [1.807, 2.05) is 18.2 Å². The molecule has 2 bridgehead atoms. The van der Waals surface area contributed by atoms with Crippen molar-refractivity contribution in [3.8, 4) is 16.9 Å². The van der Waals surface area contributed by atoms with E-state index in [1.165, 1.54) is 12.1 Å². The molecule has 3 aliphatic rings. The number of carbonyl (C=O) groups is 1. The zero-order valence-corrected chi connectivity index (χ0v) is 30.4. The lowest BCUT2D eigenvalue weighted by Gasteiger charge is -2.43. The van der Waals surface area contributed by atoms with Crippen molar-refractivity contribution in [2.75, 3.05) is 31.5 Å². The molecular formula is C43H47F2N5O5. The molecule has 0 spiro atoms. The first-order valence-electron chi connectivity index (χ1n) is 18.6. The predicted molar refractivity (Wildman–Crippen MR) is 213 cm³/mol. The number of phenols is 1. The third-order valence-corrected chi connectivity index (χ3v) is 10.9. The summed E-state index contributed by atoms with van der Waals surface area (Å²) in [4.78, 5) is 30.0. The van der Waals surface area contributed by atoms with Crippen molar-refractivity contribution in [2.24, 2.45) is 5.92 Å². The highest BCUT2D eigenvalue weighted by Crippen LogP contribution is 2.33. The fraction of sp³-hybridized carbons (Fsp3) is 0.302. The first-order valence-corrected chi connectivity index (χ1v) is 18.6. The summed E-state index contributed by atoms with van der Waals surface area (Å²) in [5.74, 6) is 0.423. The van der Waals surface area contributed by atoms with Gasteiger partial charge in [-0.25, -0.2) is 4.79 Å². The number of aliphatic hydroxyl groups excluding tert-OH is 1. The minimum Gasteiger partial charge on any atom is -0.506 e. The average Bonchev–Trinajstić information content (AvgIpc) is 3.58. The molecule has 10 nitrogen and oxygen atoms in total. The van der Waals surface area contributed by atoms with Gasteiger partial charge in [0.05, 0.1) is 17.3 Å². The van der Waals surface area contributed by atoms with Crippen LogP contribution in [0.2, 0.25) is 0 Å². The molecule has 6 aromatic rings. The lowest BCUT2D eigenvalue weighted by Crippen LogP contribution is -2.52. The lowest BCUT2D eigenvalue weighted by atomic mass is 9.86. The quantitative estimate of drug-likeness (QED) is 0.0890. The molecule has 0 unspecified atom stereocenters. The van der Waals surface area contributed by atoms with E-state index in [4.69, 9.17) is 4.74 Å². The van der Waals surface area contributed by atoms with Gasteiger partial charge in [-0.05, 0) is 109 Å². The van der Waals surface area contributed by atoms with E-state index in [0.717, 1.165) is 90.7 Å². The minimum atomic E-state index is -0.820. The smallest absolute Gasteiger partial charge is 0.411 e. The number of aryl methyl sites for hydroxylation is 2. The summed E-state index contributed by atoms with van der Waals surface area (Å²) in [5.41, 5.74) is 6.87. The summed E-state index contributed by atoms with van der Waals surface area (Å²) < 4.78 is 8.26. The van der Waals surface area contributed by atoms with Crippen molar-refractivity contribution < 1.29 is 29.2 Å². The van der Waals surface area contributed by atoms with Gasteiger partial charge < -0.3 is 29.8 Å². The van der Waals surface area contributed by atoms with Crippen molar-refractivity contribution in [1.29, 1.82) is 0 Å². The van der Waals surface area contributed by atoms with Crippen LogP contribution in [0.3, 0.4) is 0 Å². The summed E-state index contributed by atoms with van der Waals surface area (Å²) in [6, 6.07) is 31.2. The second kappa shape index (κ2) is 17.3. The van der Waals surface area contributed by atoms with E-state index >= 15 is 0 Å². The Hall–Kier alpha value is -5.56. The number of aromatic amines is 1. The van der Waals surface area contributed by atoms with Gasteiger partial charge in [0.25, 0.3) is 0 Å². The number of aromatic nitrogens is 2. The lowest BCUT2D eigenvalue weighted by molar-refractivity contribution is -0.0289. The Labute approximate surface area is 317 Å². The molecule has 0 saturated carbocycles. The monoisotopic (exact) mass is 751 g/mol. The number of aliphatic hydroxyl groups is 1. The first-order chi connectivity index (χ1) is 25.9. The number of carbonyl (C=O) groups excluding carboxylic acids is 1. The number of aromatic hydroxyl groups is 1. The van der Waals surface area contributed by atoms with Crippen LogP contribution in [0.4, 0.5) is 19.9 Å². The van der Waals surface area contributed by atoms with Crippen LogP contribution >= 0.6 is 0 Å². The molecule has 2 aromatic heterocycles. The number of nitrogens with one attached hydrogen (secondary N) is 3. The molecule has 5 heterocycles. The Bertz CT molecular complexity index is 2300. The van der Waals surface area contributed by atoms with Gasteiger partial charge in [-0.3, -0.25) is 24.4 Å². The molecule has 3 saturated heterocycles. The summed E-state index contributed by atoms with van der Waals surface area (Å²) in [7, 11) is 0. The zero-order valence-electron chi connectivity index (χ0n) is 30.4. The maximum absolute atomic E-state index is 13.2. The Morgan fingerprint density at radius 1 is 0.927 bits per heavy atom. The molecule has 5 N–H and O–H groups in total. The summed E-state index contributed by atoms with van der Waals surface area (Å²) in [5, 5.41) is 29.3. The molecule has 12 heteroatoms. The standard InChI is InChI=1S/C43H45N5O5.2FH/c49-38-14-11-34(35-12-15-41(51)46-42(35)38)39(50)26-44-25-29-9-13-37-32(23-29)18-22-48(37)19-4-5-28-8-10-33(30-6-2-1-3-7-30)36(24-28)45-43(52)53-40-27-47-20-16-31(40)17-21-47;;/h1-3,6-15,18,22-24,31,39-40,44,49-50H,4-5,16-17,19-21,25-27H2,(H,45,52)(H,46,51);2*1H/t39-,40-;;/m0../s1. The molecule has 2 atom stereocenters. The number of rotatable bonds is 12. The molecule has 3 aliphatic heterocycles. The van der Waals surface area contributed by atoms with Crippen LogP contribution in [0, 0.1) is 5.92 Å². The number of fused-ring (bicyclic) bond motifs is 5. The Kier molecular flexibility index (Phi) is 12.3. The SMILES string of the molecule is F.F.O=C(Nc1cc(CCCn2ccc3cc(CNC[C@H](O)c4ccc(O)c5[nH]c(=O)ccc45)ccc32)ccc1-c1ccccc1)O[C@H]1CN2CCC1CC2. The van der Waals surface area contributed by atoms with Gasteiger partial charge in [0, 0.05) is 54.9 Å². The fourth-order valence-electron chi connectivity index (χ4n) is 8.06. The number of hydrogen-bond donors (Lipinski definition) is 5. The summed E-state index contributed by atoms with van der Waals surface area (Å²) in [6.45, 7) is 4.76. The number of halogens is 2. The molecule has 55 heavy (non-hydrogen) atoms. The van der Waals surface area contributed by atoms with E-state index in [0.29, 0.717) is 35.5 Å². The molecule has 288 valence electrons. The van der Waals surface area contributed by atoms with E-state index in [1.54, 1.807) is 12.1 Å². The van der Waals surface area contributed by atoms with E-state index in [2.05, 4.69) is 85.9 Å². The number of ether oxygens (including phenoxy) is 1. The fourth-order valence-corrected chi connectivity index (χ4v) is 8.06. The van der Waals surface area contributed by atoms with Gasteiger partial charge in [0.15, 0.2) is 0 Å². The Morgan fingerprint density at radius 3 is 2.51 bits per heavy atom. The van der Waals surface area contributed by atoms with E-state index in [-0.39, 0.29) is 32.9 Å². The number of phenolic OH excluding ortho intramolecular Hbond substituents is 1. The van der Waals surface area contributed by atoms with Crippen LogP contribution in [0.25, 0.3) is 32.9 Å². The van der Waals surface area contributed by atoms with Crippen molar-refractivity contribution in [3.63, 3.8) is 0 Å². The van der Waals surface area contributed by atoms with Gasteiger partial charge in [-0.2, -0.15) is 0 Å². The largest absolute Gasteiger partial charge is 0.506 e. The first kappa shape index (κ1) is 39.1. The van der Waals surface area contributed by atoms with Gasteiger partial charge in [-0.1, -0.05) is 54.6 Å². The molecule has 3 fully saturated rings. The van der Waals surface area contributed by atoms with Gasteiger partial charge in [-0.15, -0.1) is 0 Å². The Balaban J connectivity index is 0.00000257. The van der Waals surface area contributed by atoms with Crippen LogP contribution in [0.15, 0.2) is 108 Å². The highest BCUT2D eigenvalue weighted by molar-refractivity contribution is 5.92. The number of anilines is 1. The van der Waals surface area contributed by atoms with Crippen molar-refractivity contribution in [1.82, 2.24) is 19.8 Å². The topological polar surface area (TPSA) is 132 Å².